The largest absolute Gasteiger partial charge is 0.483 e. The molecule has 1 aromatic carbocycles. The Bertz CT molecular complexity index is 1150. The van der Waals surface area contributed by atoms with Crippen LogP contribution in [-0.4, -0.2) is 33.5 Å². The lowest BCUT2D eigenvalue weighted by atomic mass is 10.2. The van der Waals surface area contributed by atoms with Crippen molar-refractivity contribution in [3.05, 3.63) is 46.0 Å². The Hall–Kier alpha value is -3.17. The van der Waals surface area contributed by atoms with Gasteiger partial charge in [-0.3, -0.25) is 14.5 Å². The van der Waals surface area contributed by atoms with E-state index in [4.69, 9.17) is 12.2 Å². The van der Waals surface area contributed by atoms with E-state index >= 15 is 0 Å². The molecule has 2 heterocycles. The van der Waals surface area contributed by atoms with Crippen LogP contribution in [0.4, 0.5) is 18.9 Å². The predicted molar refractivity (Wildman–Crippen MR) is 107 cm³/mol. The molecular formula is C18H14F3N5O2S2. The summed E-state index contributed by atoms with van der Waals surface area (Å²) < 4.78 is 43.5. The molecule has 12 heteroatoms. The van der Waals surface area contributed by atoms with E-state index in [9.17, 15) is 23.2 Å². The molecule has 1 amide bonds. The van der Waals surface area contributed by atoms with Gasteiger partial charge in [-0.1, -0.05) is 6.07 Å². The highest BCUT2D eigenvalue weighted by molar-refractivity contribution is 7.71. The van der Waals surface area contributed by atoms with Crippen LogP contribution in [0.15, 0.2) is 35.7 Å². The Morgan fingerprint density at radius 1 is 1.47 bits per heavy atom. The summed E-state index contributed by atoms with van der Waals surface area (Å²) in [7, 11) is 0. The quantitative estimate of drug-likeness (QED) is 0.529. The fourth-order valence-corrected chi connectivity index (χ4v) is 3.59. The van der Waals surface area contributed by atoms with Gasteiger partial charge in [0.1, 0.15) is 17.9 Å². The minimum Gasteiger partial charge on any atom is -0.483 e. The van der Waals surface area contributed by atoms with Gasteiger partial charge in [-0.05, 0) is 48.8 Å². The maximum absolute atomic E-state index is 12.7. The Balaban J connectivity index is 1.79. The van der Waals surface area contributed by atoms with E-state index in [0.717, 1.165) is 4.88 Å². The molecule has 3 rings (SSSR count). The summed E-state index contributed by atoms with van der Waals surface area (Å²) >= 11 is 6.68. The lowest BCUT2D eigenvalue weighted by Crippen LogP contribution is -2.24. The first kappa shape index (κ1) is 21.5. The number of halogens is 3. The zero-order valence-corrected chi connectivity index (χ0v) is 17.0. The Kier molecular flexibility index (Phi) is 6.23. The van der Waals surface area contributed by atoms with Gasteiger partial charge in [-0.2, -0.15) is 23.5 Å². The minimum atomic E-state index is -4.53. The Morgan fingerprint density at radius 2 is 2.23 bits per heavy atom. The molecular weight excluding hydrogens is 439 g/mol. The van der Waals surface area contributed by atoms with E-state index in [1.165, 1.54) is 29.5 Å². The van der Waals surface area contributed by atoms with Crippen LogP contribution < -0.4 is 10.1 Å². The molecule has 0 spiro atoms. The van der Waals surface area contributed by atoms with Crippen LogP contribution in [0, 0.1) is 16.1 Å². The van der Waals surface area contributed by atoms with Crippen molar-refractivity contribution in [3.8, 4) is 22.5 Å². The average molecular weight is 453 g/mol. The standard InChI is InChI=1S/C18H14F3N5O2S2/c1-10(26-15(24-25-17(26)29)14-3-2-6-30-14)16(27)23-12-4-5-13(11(7-12)8-22)28-9-18(19,20)21/h2-7,10H,9H2,1H3,(H,23,27)(H,25,29). The van der Waals surface area contributed by atoms with Gasteiger partial charge in [-0.25, -0.2) is 0 Å². The van der Waals surface area contributed by atoms with Gasteiger partial charge in [0.05, 0.1) is 10.4 Å². The number of nitrogens with one attached hydrogen (secondary N) is 2. The van der Waals surface area contributed by atoms with Crippen molar-refractivity contribution >= 4 is 35.1 Å². The van der Waals surface area contributed by atoms with E-state index in [-0.39, 0.29) is 21.8 Å². The molecule has 0 aliphatic carbocycles. The molecule has 7 nitrogen and oxygen atoms in total. The summed E-state index contributed by atoms with van der Waals surface area (Å²) in [5.74, 6) is -0.165. The minimum absolute atomic E-state index is 0.135. The van der Waals surface area contributed by atoms with E-state index in [1.54, 1.807) is 17.6 Å². The molecule has 0 radical (unpaired) electrons. The number of amides is 1. The highest BCUT2D eigenvalue weighted by atomic mass is 32.1. The third-order valence-electron chi connectivity index (χ3n) is 3.97. The molecule has 0 fully saturated rings. The SMILES string of the molecule is CC(C(=O)Nc1ccc(OCC(F)(F)F)c(C#N)c1)n1c(-c2cccs2)n[nH]c1=S. The third-order valence-corrected chi connectivity index (χ3v) is 5.13. The molecule has 156 valence electrons. The highest BCUT2D eigenvalue weighted by Crippen LogP contribution is 2.28. The first-order chi connectivity index (χ1) is 14.2. The zero-order valence-electron chi connectivity index (χ0n) is 15.4. The van der Waals surface area contributed by atoms with Crippen LogP contribution in [0.2, 0.25) is 0 Å². The summed E-state index contributed by atoms with van der Waals surface area (Å²) in [6.45, 7) is 0.110. The number of thiophene rings is 1. The molecule has 2 N–H and O–H groups in total. The molecule has 0 aliphatic heterocycles. The Labute approximate surface area is 177 Å². The number of anilines is 1. The molecule has 0 aliphatic rings. The maximum atomic E-state index is 12.7. The van der Waals surface area contributed by atoms with E-state index in [1.807, 2.05) is 17.5 Å². The number of nitrogens with zero attached hydrogens (tertiary/aromatic N) is 3. The molecule has 0 saturated carbocycles. The first-order valence-corrected chi connectivity index (χ1v) is 9.73. The van der Waals surface area contributed by atoms with Crippen LogP contribution in [0.3, 0.4) is 0 Å². The highest BCUT2D eigenvalue weighted by Gasteiger charge is 2.29. The lowest BCUT2D eigenvalue weighted by molar-refractivity contribution is -0.153. The zero-order chi connectivity index (χ0) is 21.9. The van der Waals surface area contributed by atoms with Crippen molar-refractivity contribution in [3.63, 3.8) is 0 Å². The average Bonchev–Trinajstić information content (AvgIpc) is 3.35. The van der Waals surface area contributed by atoms with Crippen LogP contribution in [0.1, 0.15) is 18.5 Å². The van der Waals surface area contributed by atoms with Gasteiger partial charge < -0.3 is 10.1 Å². The molecule has 3 aromatic rings. The van der Waals surface area contributed by atoms with E-state index < -0.39 is 24.7 Å². The number of aromatic amines is 1. The second kappa shape index (κ2) is 8.68. The third kappa shape index (κ3) is 4.87. The monoisotopic (exact) mass is 453 g/mol. The number of rotatable bonds is 6. The van der Waals surface area contributed by atoms with E-state index in [0.29, 0.717) is 5.82 Å². The Morgan fingerprint density at radius 3 is 2.87 bits per heavy atom. The second-order valence-electron chi connectivity index (χ2n) is 6.09. The molecule has 0 saturated heterocycles. The molecule has 0 bridgehead atoms. The van der Waals surface area contributed by atoms with Crippen molar-refractivity contribution in [2.75, 3.05) is 11.9 Å². The number of ether oxygens (including phenoxy) is 1. The van der Waals surface area contributed by atoms with Crippen LogP contribution >= 0.6 is 23.6 Å². The normalized spacial score (nSPS) is 12.2. The number of alkyl halides is 3. The summed E-state index contributed by atoms with van der Waals surface area (Å²) in [6, 6.07) is 8.49. The van der Waals surface area contributed by atoms with Crippen molar-refractivity contribution < 1.29 is 22.7 Å². The van der Waals surface area contributed by atoms with E-state index in [2.05, 4.69) is 20.3 Å². The van der Waals surface area contributed by atoms with Crippen molar-refractivity contribution in [1.82, 2.24) is 14.8 Å². The first-order valence-electron chi connectivity index (χ1n) is 8.45. The number of hydrogen-bond donors (Lipinski definition) is 2. The van der Waals surface area contributed by atoms with Crippen molar-refractivity contribution in [1.29, 1.82) is 5.26 Å². The molecule has 1 unspecified atom stereocenters. The predicted octanol–water partition coefficient (Wildman–Crippen LogP) is 4.68. The van der Waals surface area contributed by atoms with Crippen LogP contribution in [-0.2, 0) is 4.79 Å². The van der Waals surface area contributed by atoms with Crippen molar-refractivity contribution in [2.24, 2.45) is 0 Å². The van der Waals surface area contributed by atoms with Crippen LogP contribution in [0.5, 0.6) is 5.75 Å². The fourth-order valence-electron chi connectivity index (χ4n) is 2.59. The van der Waals surface area contributed by atoms with Gasteiger partial charge >= 0.3 is 6.18 Å². The molecule has 2 aromatic heterocycles. The van der Waals surface area contributed by atoms with Gasteiger partial charge in [0.25, 0.3) is 0 Å². The molecule has 30 heavy (non-hydrogen) atoms. The number of carbonyl (C=O) groups excluding carboxylic acids is 1. The van der Waals surface area contributed by atoms with Gasteiger partial charge in [0.15, 0.2) is 17.2 Å². The summed E-state index contributed by atoms with van der Waals surface area (Å²) in [5.41, 5.74) is 0.0966. The summed E-state index contributed by atoms with van der Waals surface area (Å²) in [4.78, 5) is 13.6. The number of H-pyrrole nitrogens is 1. The van der Waals surface area contributed by atoms with Gasteiger partial charge in [0, 0.05) is 5.69 Å². The second-order valence-corrected chi connectivity index (χ2v) is 7.43. The topological polar surface area (TPSA) is 95.7 Å². The lowest BCUT2D eigenvalue weighted by Gasteiger charge is -2.16. The summed E-state index contributed by atoms with van der Waals surface area (Å²) in [5, 5.41) is 20.5. The van der Waals surface area contributed by atoms with Crippen molar-refractivity contribution in [2.45, 2.75) is 19.1 Å². The summed E-state index contributed by atoms with van der Waals surface area (Å²) in [6.07, 6.45) is -4.53. The number of aromatic nitrogens is 3. The number of hydrogen-bond acceptors (Lipinski definition) is 6. The smallest absolute Gasteiger partial charge is 0.422 e. The number of benzene rings is 1. The molecule has 1 atom stereocenters. The van der Waals surface area contributed by atoms with Crippen LogP contribution in [0.25, 0.3) is 10.7 Å². The maximum Gasteiger partial charge on any atom is 0.422 e. The number of carbonyl (C=O) groups is 1. The fraction of sp³-hybridized carbons (Fsp3) is 0.222. The van der Waals surface area contributed by atoms with Gasteiger partial charge in [0.2, 0.25) is 5.91 Å². The van der Waals surface area contributed by atoms with Gasteiger partial charge in [-0.15, -0.1) is 11.3 Å². The number of nitriles is 1.